The summed E-state index contributed by atoms with van der Waals surface area (Å²) < 4.78 is 1.80. The van der Waals surface area contributed by atoms with Gasteiger partial charge in [0.2, 0.25) is 0 Å². The van der Waals surface area contributed by atoms with E-state index < -0.39 is 0 Å². The molecule has 0 aliphatic rings. The van der Waals surface area contributed by atoms with Crippen molar-refractivity contribution in [3.63, 3.8) is 0 Å². The van der Waals surface area contributed by atoms with E-state index in [1.54, 1.807) is 10.9 Å². The predicted molar refractivity (Wildman–Crippen MR) is 84.9 cm³/mol. The summed E-state index contributed by atoms with van der Waals surface area (Å²) >= 11 is 0. The second-order valence-electron chi connectivity index (χ2n) is 5.55. The molecule has 21 heavy (non-hydrogen) atoms. The molecule has 0 bridgehead atoms. The van der Waals surface area contributed by atoms with Crippen molar-refractivity contribution >= 4 is 5.91 Å². The Bertz CT molecular complexity index is 613. The van der Waals surface area contributed by atoms with E-state index in [2.05, 4.69) is 17.3 Å². The Hall–Kier alpha value is -2.10. The van der Waals surface area contributed by atoms with Gasteiger partial charge in [0.25, 0.3) is 5.91 Å². The highest BCUT2D eigenvalue weighted by Crippen LogP contribution is 2.15. The number of hydrogen-bond donors (Lipinski definition) is 1. The highest BCUT2D eigenvalue weighted by molar-refractivity contribution is 5.95. The standard InChI is InChI=1S/C17H23N3O/c1-5-6-13(3)19-17(21)16-11-18-20(14(16)4)15-9-7-12(2)8-10-15/h7-11,13H,5-6H2,1-4H3,(H,19,21)/t13-/m1/s1. The van der Waals surface area contributed by atoms with Crippen LogP contribution in [0.5, 0.6) is 0 Å². The third kappa shape index (κ3) is 3.51. The van der Waals surface area contributed by atoms with Crippen LogP contribution in [0, 0.1) is 13.8 Å². The number of rotatable bonds is 5. The number of amides is 1. The first kappa shape index (κ1) is 15.3. The summed E-state index contributed by atoms with van der Waals surface area (Å²) in [6.07, 6.45) is 3.68. The first-order valence-corrected chi connectivity index (χ1v) is 7.45. The molecular weight excluding hydrogens is 262 g/mol. The predicted octanol–water partition coefficient (Wildman–Crippen LogP) is 3.41. The van der Waals surface area contributed by atoms with E-state index >= 15 is 0 Å². The average Bonchev–Trinajstić information content (AvgIpc) is 2.82. The SMILES string of the molecule is CCC[C@@H](C)NC(=O)c1cnn(-c2ccc(C)cc2)c1C. The number of nitrogens with one attached hydrogen (secondary N) is 1. The van der Waals surface area contributed by atoms with Gasteiger partial charge in [-0.3, -0.25) is 4.79 Å². The van der Waals surface area contributed by atoms with Crippen molar-refractivity contribution in [2.45, 2.75) is 46.6 Å². The van der Waals surface area contributed by atoms with Gasteiger partial charge in [0.05, 0.1) is 23.1 Å². The molecule has 0 radical (unpaired) electrons. The Morgan fingerprint density at radius 1 is 1.29 bits per heavy atom. The summed E-state index contributed by atoms with van der Waals surface area (Å²) in [6.45, 7) is 8.12. The molecule has 0 spiro atoms. The summed E-state index contributed by atoms with van der Waals surface area (Å²) in [6, 6.07) is 8.29. The summed E-state index contributed by atoms with van der Waals surface area (Å²) in [5.41, 5.74) is 3.67. The third-order valence-electron chi connectivity index (χ3n) is 3.63. The van der Waals surface area contributed by atoms with Crippen molar-refractivity contribution in [1.82, 2.24) is 15.1 Å². The van der Waals surface area contributed by atoms with Gasteiger partial charge in [-0.1, -0.05) is 31.0 Å². The fourth-order valence-corrected chi connectivity index (χ4v) is 2.39. The molecule has 1 atom stereocenters. The Kier molecular flexibility index (Phi) is 4.78. The van der Waals surface area contributed by atoms with Gasteiger partial charge >= 0.3 is 0 Å². The molecule has 1 aromatic carbocycles. The number of benzene rings is 1. The van der Waals surface area contributed by atoms with E-state index in [0.717, 1.165) is 24.2 Å². The van der Waals surface area contributed by atoms with Gasteiger partial charge in [0.15, 0.2) is 0 Å². The third-order valence-corrected chi connectivity index (χ3v) is 3.63. The first-order chi connectivity index (χ1) is 10.0. The van der Waals surface area contributed by atoms with Crippen LogP contribution in [0.15, 0.2) is 30.5 Å². The minimum atomic E-state index is -0.0492. The molecule has 4 nitrogen and oxygen atoms in total. The molecule has 0 saturated carbocycles. The number of nitrogens with zero attached hydrogens (tertiary/aromatic N) is 2. The van der Waals surface area contributed by atoms with E-state index in [9.17, 15) is 4.79 Å². The van der Waals surface area contributed by atoms with E-state index in [1.165, 1.54) is 5.56 Å². The van der Waals surface area contributed by atoms with Crippen LogP contribution in [0.25, 0.3) is 5.69 Å². The molecule has 1 aromatic heterocycles. The normalized spacial score (nSPS) is 12.2. The van der Waals surface area contributed by atoms with Crippen molar-refractivity contribution in [1.29, 1.82) is 0 Å². The fraction of sp³-hybridized carbons (Fsp3) is 0.412. The smallest absolute Gasteiger partial charge is 0.254 e. The van der Waals surface area contributed by atoms with E-state index in [-0.39, 0.29) is 11.9 Å². The maximum atomic E-state index is 12.3. The maximum Gasteiger partial charge on any atom is 0.254 e. The van der Waals surface area contributed by atoms with Gasteiger partial charge < -0.3 is 5.32 Å². The molecular formula is C17H23N3O. The topological polar surface area (TPSA) is 46.9 Å². The minimum Gasteiger partial charge on any atom is -0.349 e. The lowest BCUT2D eigenvalue weighted by molar-refractivity contribution is 0.0937. The zero-order chi connectivity index (χ0) is 15.4. The molecule has 2 rings (SSSR count). The number of carbonyl (C=O) groups is 1. The van der Waals surface area contributed by atoms with Crippen molar-refractivity contribution in [3.8, 4) is 5.69 Å². The van der Waals surface area contributed by atoms with E-state index in [0.29, 0.717) is 5.56 Å². The number of aromatic nitrogens is 2. The summed E-state index contributed by atoms with van der Waals surface area (Å²) in [5.74, 6) is -0.0492. The van der Waals surface area contributed by atoms with Gasteiger partial charge in [-0.15, -0.1) is 0 Å². The quantitative estimate of drug-likeness (QED) is 0.915. The lowest BCUT2D eigenvalue weighted by atomic mass is 10.1. The molecule has 0 saturated heterocycles. The molecule has 0 fully saturated rings. The van der Waals surface area contributed by atoms with Crippen LogP contribution in [-0.2, 0) is 0 Å². The van der Waals surface area contributed by atoms with Gasteiger partial charge in [0, 0.05) is 6.04 Å². The summed E-state index contributed by atoms with van der Waals surface area (Å²) in [4.78, 5) is 12.3. The molecule has 1 amide bonds. The zero-order valence-electron chi connectivity index (χ0n) is 13.2. The Morgan fingerprint density at radius 2 is 1.95 bits per heavy atom. The van der Waals surface area contributed by atoms with Crippen molar-refractivity contribution in [2.75, 3.05) is 0 Å². The van der Waals surface area contributed by atoms with Crippen LogP contribution in [0.1, 0.15) is 48.3 Å². The van der Waals surface area contributed by atoms with Crippen LogP contribution in [0.4, 0.5) is 0 Å². The number of carbonyl (C=O) groups excluding carboxylic acids is 1. The Balaban J connectivity index is 2.20. The molecule has 112 valence electrons. The molecule has 1 N–H and O–H groups in total. The van der Waals surface area contributed by atoms with Gasteiger partial charge in [-0.25, -0.2) is 4.68 Å². The highest BCUT2D eigenvalue weighted by Gasteiger charge is 2.16. The average molecular weight is 285 g/mol. The molecule has 1 heterocycles. The van der Waals surface area contributed by atoms with Crippen LogP contribution >= 0.6 is 0 Å². The molecule has 2 aromatic rings. The Labute approximate surface area is 126 Å². The van der Waals surface area contributed by atoms with Crippen LogP contribution in [0.2, 0.25) is 0 Å². The minimum absolute atomic E-state index is 0.0492. The lowest BCUT2D eigenvalue weighted by Crippen LogP contribution is -2.32. The van der Waals surface area contributed by atoms with Gasteiger partial charge in [-0.2, -0.15) is 5.10 Å². The molecule has 4 heteroatoms. The zero-order valence-corrected chi connectivity index (χ0v) is 13.2. The second-order valence-corrected chi connectivity index (χ2v) is 5.55. The van der Waals surface area contributed by atoms with Gasteiger partial charge in [0.1, 0.15) is 0 Å². The molecule has 0 aliphatic carbocycles. The molecule has 0 unspecified atom stereocenters. The second kappa shape index (κ2) is 6.57. The van der Waals surface area contributed by atoms with Gasteiger partial charge in [-0.05, 0) is 39.3 Å². The summed E-state index contributed by atoms with van der Waals surface area (Å²) in [7, 11) is 0. The van der Waals surface area contributed by atoms with Crippen molar-refractivity contribution in [2.24, 2.45) is 0 Å². The Morgan fingerprint density at radius 3 is 2.57 bits per heavy atom. The number of aryl methyl sites for hydroxylation is 1. The fourth-order valence-electron chi connectivity index (χ4n) is 2.39. The van der Waals surface area contributed by atoms with Crippen LogP contribution in [0.3, 0.4) is 0 Å². The highest BCUT2D eigenvalue weighted by atomic mass is 16.1. The van der Waals surface area contributed by atoms with Crippen molar-refractivity contribution < 1.29 is 4.79 Å². The monoisotopic (exact) mass is 285 g/mol. The van der Waals surface area contributed by atoms with E-state index in [1.807, 2.05) is 45.0 Å². The van der Waals surface area contributed by atoms with E-state index in [4.69, 9.17) is 0 Å². The number of hydrogen-bond acceptors (Lipinski definition) is 2. The van der Waals surface area contributed by atoms with Crippen LogP contribution in [-0.4, -0.2) is 21.7 Å². The molecule has 0 aliphatic heterocycles. The maximum absolute atomic E-state index is 12.3. The summed E-state index contributed by atoms with van der Waals surface area (Å²) in [5, 5.41) is 7.37. The lowest BCUT2D eigenvalue weighted by Gasteiger charge is -2.12. The van der Waals surface area contributed by atoms with Crippen molar-refractivity contribution in [3.05, 3.63) is 47.3 Å². The largest absolute Gasteiger partial charge is 0.349 e. The van der Waals surface area contributed by atoms with Crippen LogP contribution < -0.4 is 5.32 Å². The first-order valence-electron chi connectivity index (χ1n) is 7.45.